The van der Waals surface area contributed by atoms with Gasteiger partial charge in [0.1, 0.15) is 5.82 Å². The third kappa shape index (κ3) is 3.77. The number of benzene rings is 2. The average Bonchev–Trinajstić information content (AvgIpc) is 2.48. The molecule has 0 saturated heterocycles. The maximum absolute atomic E-state index is 14.2. The molecule has 0 unspecified atom stereocenters. The lowest BCUT2D eigenvalue weighted by molar-refractivity contribution is 0.369. The highest BCUT2D eigenvalue weighted by Gasteiger charge is 2.26. The van der Waals surface area contributed by atoms with E-state index in [9.17, 15) is 8.78 Å². The topological polar surface area (TPSA) is 9.23 Å². The lowest BCUT2D eigenvalue weighted by Crippen LogP contribution is -2.17. The summed E-state index contributed by atoms with van der Waals surface area (Å²) in [6, 6.07) is 8.16. The van der Waals surface area contributed by atoms with Crippen molar-refractivity contribution in [2.24, 2.45) is 0 Å². The molecule has 130 valence electrons. The molecule has 24 heavy (non-hydrogen) atoms. The molecule has 0 atom stereocenters. The fraction of sp³-hybridized carbons (Fsp3) is 0.429. The fourth-order valence-corrected chi connectivity index (χ4v) is 3.24. The van der Waals surface area contributed by atoms with Gasteiger partial charge in [0.25, 0.3) is 0 Å². The van der Waals surface area contributed by atoms with Gasteiger partial charge < -0.3 is 4.74 Å². The van der Waals surface area contributed by atoms with Crippen LogP contribution in [-0.4, -0.2) is 7.11 Å². The molecule has 0 saturated carbocycles. The van der Waals surface area contributed by atoms with Crippen LogP contribution in [-0.2, 0) is 11.8 Å². The van der Waals surface area contributed by atoms with E-state index >= 15 is 0 Å². The van der Waals surface area contributed by atoms with Gasteiger partial charge in [0.15, 0.2) is 11.6 Å². The fourth-order valence-electron chi connectivity index (χ4n) is 3.24. The molecule has 0 heterocycles. The van der Waals surface area contributed by atoms with Crippen LogP contribution in [0, 0.1) is 11.6 Å². The van der Waals surface area contributed by atoms with Crippen LogP contribution >= 0.6 is 0 Å². The van der Waals surface area contributed by atoms with Gasteiger partial charge in [0.2, 0.25) is 0 Å². The quantitative estimate of drug-likeness (QED) is 0.668. The summed E-state index contributed by atoms with van der Waals surface area (Å²) in [4.78, 5) is 0. The predicted octanol–water partition coefficient (Wildman–Crippen LogP) is 5.99. The lowest BCUT2D eigenvalue weighted by Gasteiger charge is -2.26. The van der Waals surface area contributed by atoms with E-state index in [4.69, 9.17) is 4.74 Å². The maximum atomic E-state index is 14.2. The summed E-state index contributed by atoms with van der Waals surface area (Å²) in [5, 5.41) is 0. The van der Waals surface area contributed by atoms with Gasteiger partial charge in [0.05, 0.1) is 7.11 Å². The van der Waals surface area contributed by atoms with Crippen LogP contribution in [0.15, 0.2) is 30.3 Å². The van der Waals surface area contributed by atoms with E-state index in [1.54, 1.807) is 6.07 Å². The molecule has 0 aliphatic carbocycles. The first kappa shape index (κ1) is 18.4. The monoisotopic (exact) mass is 332 g/mol. The van der Waals surface area contributed by atoms with E-state index in [-0.39, 0.29) is 23.0 Å². The Hall–Kier alpha value is -1.90. The van der Waals surface area contributed by atoms with Crippen molar-refractivity contribution in [1.29, 1.82) is 0 Å². The molecule has 0 fully saturated rings. The first-order chi connectivity index (χ1) is 11.1. The van der Waals surface area contributed by atoms with Crippen molar-refractivity contribution in [1.82, 2.24) is 0 Å². The normalized spacial score (nSPS) is 11.9. The van der Waals surface area contributed by atoms with E-state index < -0.39 is 0 Å². The maximum Gasteiger partial charge on any atom is 0.165 e. The molecule has 1 nitrogen and oxygen atoms in total. The average molecular weight is 332 g/mol. The van der Waals surface area contributed by atoms with E-state index in [1.807, 2.05) is 46.8 Å². The minimum atomic E-state index is -0.352. The molecule has 3 heteroatoms. The molecule has 0 spiro atoms. The second-order valence-corrected chi connectivity index (χ2v) is 7.54. The van der Waals surface area contributed by atoms with Crippen molar-refractivity contribution in [3.8, 4) is 5.75 Å². The number of hydrogen-bond acceptors (Lipinski definition) is 1. The van der Waals surface area contributed by atoms with Crippen molar-refractivity contribution in [2.75, 3.05) is 7.11 Å². The van der Waals surface area contributed by atoms with Gasteiger partial charge in [-0.1, -0.05) is 46.8 Å². The minimum Gasteiger partial charge on any atom is -0.493 e. The van der Waals surface area contributed by atoms with Crippen molar-refractivity contribution in [3.05, 3.63) is 64.2 Å². The SMILES string of the molecule is COc1c(F)ccc(Cc2ccc(F)cc2C(C)C)c1C(C)(C)C. The zero-order chi connectivity index (χ0) is 18.1. The first-order valence-electron chi connectivity index (χ1n) is 8.29. The van der Waals surface area contributed by atoms with Gasteiger partial charge >= 0.3 is 0 Å². The van der Waals surface area contributed by atoms with Gasteiger partial charge in [-0.3, -0.25) is 0 Å². The molecule has 0 aromatic heterocycles. The number of ether oxygens (including phenoxy) is 1. The Morgan fingerprint density at radius 1 is 1.00 bits per heavy atom. The van der Waals surface area contributed by atoms with Gasteiger partial charge in [-0.05, 0) is 52.6 Å². The second-order valence-electron chi connectivity index (χ2n) is 7.54. The highest BCUT2D eigenvalue weighted by Crippen LogP contribution is 2.38. The van der Waals surface area contributed by atoms with Crippen LogP contribution in [0.3, 0.4) is 0 Å². The molecule has 0 amide bonds. The Morgan fingerprint density at radius 2 is 1.62 bits per heavy atom. The van der Waals surface area contributed by atoms with Crippen molar-refractivity contribution in [3.63, 3.8) is 0 Å². The third-order valence-electron chi connectivity index (χ3n) is 4.26. The van der Waals surface area contributed by atoms with Crippen molar-refractivity contribution < 1.29 is 13.5 Å². The molecule has 0 bridgehead atoms. The van der Waals surface area contributed by atoms with Gasteiger partial charge in [-0.25, -0.2) is 8.78 Å². The Labute approximate surface area is 143 Å². The molecular formula is C21H26F2O. The van der Waals surface area contributed by atoms with Crippen LogP contribution in [0.1, 0.15) is 62.8 Å². The Balaban J connectivity index is 2.59. The van der Waals surface area contributed by atoms with Gasteiger partial charge in [0, 0.05) is 5.56 Å². The van der Waals surface area contributed by atoms with Crippen LogP contribution in [0.25, 0.3) is 0 Å². The summed E-state index contributed by atoms with van der Waals surface area (Å²) in [6.45, 7) is 10.2. The second kappa shape index (κ2) is 6.92. The highest BCUT2D eigenvalue weighted by atomic mass is 19.1. The van der Waals surface area contributed by atoms with Crippen LogP contribution in [0.2, 0.25) is 0 Å². The van der Waals surface area contributed by atoms with Crippen LogP contribution < -0.4 is 4.74 Å². The Kier molecular flexibility index (Phi) is 5.32. The summed E-state index contributed by atoms with van der Waals surface area (Å²) < 4.78 is 33.1. The molecule has 2 aromatic rings. The largest absolute Gasteiger partial charge is 0.493 e. The van der Waals surface area contributed by atoms with E-state index in [0.717, 1.165) is 22.3 Å². The summed E-state index contributed by atoms with van der Waals surface area (Å²) in [5.41, 5.74) is 3.66. The molecule has 0 aliphatic heterocycles. The number of methoxy groups -OCH3 is 1. The standard InChI is InChI=1S/C21H26F2O/c1-13(2)17-12-16(22)9-7-14(17)11-15-8-10-18(23)20(24-6)19(15)21(3,4)5/h7-10,12-13H,11H2,1-6H3. The highest BCUT2D eigenvalue weighted by molar-refractivity contribution is 5.48. The molecule has 0 aliphatic rings. The third-order valence-corrected chi connectivity index (χ3v) is 4.26. The number of halogens is 2. The smallest absolute Gasteiger partial charge is 0.165 e. The van der Waals surface area contributed by atoms with Crippen LogP contribution in [0.5, 0.6) is 5.75 Å². The molecule has 0 N–H and O–H groups in total. The summed E-state index contributed by atoms with van der Waals surface area (Å²) in [6.07, 6.45) is 0.622. The predicted molar refractivity (Wildman–Crippen MR) is 94.9 cm³/mol. The van der Waals surface area contributed by atoms with Gasteiger partial charge in [-0.2, -0.15) is 0 Å². The Morgan fingerprint density at radius 3 is 2.17 bits per heavy atom. The Bertz CT molecular complexity index is 727. The summed E-state index contributed by atoms with van der Waals surface area (Å²) >= 11 is 0. The van der Waals surface area contributed by atoms with E-state index in [2.05, 4.69) is 0 Å². The van der Waals surface area contributed by atoms with Gasteiger partial charge in [-0.15, -0.1) is 0 Å². The summed E-state index contributed by atoms with van der Waals surface area (Å²) in [7, 11) is 1.49. The number of hydrogen-bond donors (Lipinski definition) is 0. The zero-order valence-electron chi connectivity index (χ0n) is 15.3. The zero-order valence-corrected chi connectivity index (χ0v) is 15.3. The van der Waals surface area contributed by atoms with Crippen molar-refractivity contribution in [2.45, 2.75) is 52.4 Å². The first-order valence-corrected chi connectivity index (χ1v) is 8.29. The molecular weight excluding hydrogens is 306 g/mol. The van der Waals surface area contributed by atoms with Crippen LogP contribution in [0.4, 0.5) is 8.78 Å². The molecule has 2 rings (SSSR count). The van der Waals surface area contributed by atoms with E-state index in [1.165, 1.54) is 19.2 Å². The molecule has 2 aromatic carbocycles. The van der Waals surface area contributed by atoms with E-state index in [0.29, 0.717) is 12.2 Å². The lowest BCUT2D eigenvalue weighted by atomic mass is 9.80. The summed E-state index contributed by atoms with van der Waals surface area (Å²) in [5.74, 6) is -0.0612. The molecule has 0 radical (unpaired) electrons. The number of rotatable bonds is 4. The minimum absolute atomic E-state index is 0.219. The van der Waals surface area contributed by atoms with Crippen molar-refractivity contribution >= 4 is 0 Å².